The normalized spacial score (nSPS) is 52.6. The lowest BCUT2D eigenvalue weighted by atomic mass is 9.51. The van der Waals surface area contributed by atoms with Crippen LogP contribution in [0.2, 0.25) is 0 Å². The maximum atomic E-state index is 13.0. The molecule has 5 fully saturated rings. The Morgan fingerprint density at radius 3 is 2.36 bits per heavy atom. The average molecular weight is 396 g/mol. The fourth-order valence-corrected chi connectivity index (χ4v) is 6.50. The van der Waals surface area contributed by atoms with Crippen LogP contribution in [-0.4, -0.2) is 70.8 Å². The molecule has 0 amide bonds. The van der Waals surface area contributed by atoms with Gasteiger partial charge in [0.1, 0.15) is 29.8 Å². The van der Waals surface area contributed by atoms with Crippen molar-refractivity contribution in [2.24, 2.45) is 17.3 Å². The molecule has 28 heavy (non-hydrogen) atoms. The van der Waals surface area contributed by atoms with E-state index in [1.807, 2.05) is 6.92 Å². The highest BCUT2D eigenvalue weighted by Gasteiger charge is 2.97. The van der Waals surface area contributed by atoms with Crippen molar-refractivity contribution >= 4 is 17.9 Å². The molecule has 0 radical (unpaired) electrons. The Bertz CT molecular complexity index is 796. The predicted molar refractivity (Wildman–Crippen MR) is 88.7 cm³/mol. The molecule has 9 nitrogen and oxygen atoms in total. The monoisotopic (exact) mass is 396 g/mol. The van der Waals surface area contributed by atoms with Crippen LogP contribution in [0.25, 0.3) is 0 Å². The SMILES string of the molecule is CC(=O)O[C@@H]1[C@H]2OC(=O)[C@@H]([C@@H]2C(C)(C)O)[C@]2(OC(C)=O)[C@H]3O[C@H]3[C@]3(CO3)[C@]12C. The fraction of sp³-hybridized carbons (Fsp3) is 0.842. The first-order valence-electron chi connectivity index (χ1n) is 9.51. The van der Waals surface area contributed by atoms with Gasteiger partial charge >= 0.3 is 17.9 Å². The zero-order valence-corrected chi connectivity index (χ0v) is 16.4. The number of ether oxygens (including phenoxy) is 5. The summed E-state index contributed by atoms with van der Waals surface area (Å²) in [5.41, 5.74) is -4.72. The number of carbonyl (C=O) groups is 3. The molecule has 3 heterocycles. The van der Waals surface area contributed by atoms with Crippen molar-refractivity contribution in [3.63, 3.8) is 0 Å². The third-order valence-electron chi connectivity index (χ3n) is 7.49. The Kier molecular flexibility index (Phi) is 3.19. The molecular formula is C19H24O9. The zero-order valence-electron chi connectivity index (χ0n) is 16.4. The standard InChI is InChI=1S/C19H24O9/c1-7(20)25-12-11-9(16(3,4)23)10(15(22)26-11)19(28-8(2)21)14-13(27-14)18(6-24-18)17(12,19)5/h9-14,23H,6H2,1-5H3/t9-,10+,11-,12+,13+,14-,17-,18+,19-/m0/s1. The Morgan fingerprint density at radius 1 is 1.21 bits per heavy atom. The highest BCUT2D eigenvalue weighted by atomic mass is 16.7. The van der Waals surface area contributed by atoms with Gasteiger partial charge in [-0.3, -0.25) is 14.4 Å². The second-order valence-electron chi connectivity index (χ2n) is 9.33. The Hall–Kier alpha value is -1.71. The number of esters is 3. The average Bonchev–Trinajstić information content (AvgIpc) is 3.41. The lowest BCUT2D eigenvalue weighted by Crippen LogP contribution is -2.74. The second kappa shape index (κ2) is 4.88. The molecule has 9 atom stereocenters. The van der Waals surface area contributed by atoms with Crippen molar-refractivity contribution in [3.05, 3.63) is 0 Å². The first kappa shape index (κ1) is 18.3. The van der Waals surface area contributed by atoms with Crippen LogP contribution in [-0.2, 0) is 38.1 Å². The maximum absolute atomic E-state index is 13.0. The number of carbonyl (C=O) groups excluding carboxylic acids is 3. The van der Waals surface area contributed by atoms with Crippen LogP contribution in [0.5, 0.6) is 0 Å². The van der Waals surface area contributed by atoms with Crippen molar-refractivity contribution < 1.29 is 43.2 Å². The van der Waals surface area contributed by atoms with Gasteiger partial charge in [-0.1, -0.05) is 0 Å². The molecule has 5 aliphatic rings. The van der Waals surface area contributed by atoms with Crippen LogP contribution in [0.3, 0.4) is 0 Å². The summed E-state index contributed by atoms with van der Waals surface area (Å²) in [4.78, 5) is 37.3. The molecule has 2 aliphatic carbocycles. The van der Waals surface area contributed by atoms with E-state index in [9.17, 15) is 19.5 Å². The van der Waals surface area contributed by atoms with Crippen molar-refractivity contribution in [1.29, 1.82) is 0 Å². The van der Waals surface area contributed by atoms with Gasteiger partial charge in [0.2, 0.25) is 0 Å². The first-order valence-corrected chi connectivity index (χ1v) is 9.51. The van der Waals surface area contributed by atoms with Gasteiger partial charge < -0.3 is 28.8 Å². The van der Waals surface area contributed by atoms with E-state index >= 15 is 0 Å². The van der Waals surface area contributed by atoms with Gasteiger partial charge in [-0.2, -0.15) is 0 Å². The molecular weight excluding hydrogens is 372 g/mol. The number of fused-ring (bicyclic) bond motifs is 8. The summed E-state index contributed by atoms with van der Waals surface area (Å²) < 4.78 is 29.0. The van der Waals surface area contributed by atoms with Crippen LogP contribution < -0.4 is 0 Å². The number of aliphatic hydroxyl groups is 1. The molecule has 0 aromatic heterocycles. The van der Waals surface area contributed by atoms with E-state index in [0.717, 1.165) is 0 Å². The van der Waals surface area contributed by atoms with E-state index in [4.69, 9.17) is 23.7 Å². The molecule has 2 saturated carbocycles. The Labute approximate surface area is 161 Å². The van der Waals surface area contributed by atoms with Crippen molar-refractivity contribution in [2.45, 2.75) is 75.8 Å². The molecule has 0 aromatic carbocycles. The topological polar surface area (TPSA) is 124 Å². The summed E-state index contributed by atoms with van der Waals surface area (Å²) >= 11 is 0. The summed E-state index contributed by atoms with van der Waals surface area (Å²) in [6, 6.07) is 0. The van der Waals surface area contributed by atoms with Crippen molar-refractivity contribution in [2.75, 3.05) is 6.61 Å². The number of epoxide rings is 2. The predicted octanol–water partition coefficient (Wildman–Crippen LogP) is -0.281. The maximum Gasteiger partial charge on any atom is 0.314 e. The third-order valence-corrected chi connectivity index (χ3v) is 7.49. The molecule has 0 unspecified atom stereocenters. The van der Waals surface area contributed by atoms with Gasteiger partial charge in [0.15, 0.2) is 11.7 Å². The minimum Gasteiger partial charge on any atom is -0.458 e. The van der Waals surface area contributed by atoms with E-state index < -0.39 is 70.3 Å². The number of hydrogen-bond donors (Lipinski definition) is 1. The van der Waals surface area contributed by atoms with Crippen LogP contribution in [0.15, 0.2) is 0 Å². The molecule has 1 N–H and O–H groups in total. The molecule has 154 valence electrons. The summed E-state index contributed by atoms with van der Waals surface area (Å²) in [7, 11) is 0. The van der Waals surface area contributed by atoms with Gasteiger partial charge in [0.05, 0.1) is 17.6 Å². The molecule has 9 heteroatoms. The highest BCUT2D eigenvalue weighted by molar-refractivity contribution is 5.81. The minimum atomic E-state index is -1.46. The van der Waals surface area contributed by atoms with Crippen LogP contribution in [0.1, 0.15) is 34.6 Å². The number of rotatable bonds is 3. The third kappa shape index (κ3) is 1.77. The molecule has 1 spiro atoms. The lowest BCUT2D eigenvalue weighted by Gasteiger charge is -2.57. The molecule has 2 bridgehead atoms. The van der Waals surface area contributed by atoms with Gasteiger partial charge in [0.25, 0.3) is 0 Å². The van der Waals surface area contributed by atoms with Crippen molar-refractivity contribution in [1.82, 2.24) is 0 Å². The van der Waals surface area contributed by atoms with E-state index in [1.165, 1.54) is 13.8 Å². The van der Waals surface area contributed by atoms with Gasteiger partial charge in [-0.25, -0.2) is 0 Å². The van der Waals surface area contributed by atoms with E-state index in [-0.39, 0.29) is 6.10 Å². The minimum absolute atomic E-state index is 0.340. The smallest absolute Gasteiger partial charge is 0.314 e. The van der Waals surface area contributed by atoms with Crippen LogP contribution in [0, 0.1) is 17.3 Å². The molecule has 3 aliphatic heterocycles. The zero-order chi connectivity index (χ0) is 20.4. The van der Waals surface area contributed by atoms with Gasteiger partial charge in [-0.15, -0.1) is 0 Å². The van der Waals surface area contributed by atoms with E-state index in [2.05, 4.69) is 0 Å². The van der Waals surface area contributed by atoms with E-state index in [0.29, 0.717) is 6.61 Å². The molecule has 0 aromatic rings. The Balaban J connectivity index is 1.78. The van der Waals surface area contributed by atoms with Gasteiger partial charge in [-0.05, 0) is 20.8 Å². The largest absolute Gasteiger partial charge is 0.458 e. The first-order chi connectivity index (χ1) is 12.9. The summed E-state index contributed by atoms with van der Waals surface area (Å²) in [5.74, 6) is -3.46. The Morgan fingerprint density at radius 2 is 1.86 bits per heavy atom. The fourth-order valence-electron chi connectivity index (χ4n) is 6.50. The summed E-state index contributed by atoms with van der Waals surface area (Å²) in [6.45, 7) is 7.82. The quantitative estimate of drug-likeness (QED) is 0.389. The second-order valence-corrected chi connectivity index (χ2v) is 9.33. The summed E-state index contributed by atoms with van der Waals surface area (Å²) in [5, 5.41) is 10.9. The number of hydrogen-bond acceptors (Lipinski definition) is 9. The van der Waals surface area contributed by atoms with Crippen LogP contribution >= 0.6 is 0 Å². The molecule has 5 rings (SSSR count). The van der Waals surface area contributed by atoms with Gasteiger partial charge in [0, 0.05) is 19.8 Å². The molecule has 3 saturated heterocycles. The summed E-state index contributed by atoms with van der Waals surface area (Å²) in [6.07, 6.45) is -2.80. The van der Waals surface area contributed by atoms with E-state index in [1.54, 1.807) is 13.8 Å². The van der Waals surface area contributed by atoms with Crippen LogP contribution in [0.4, 0.5) is 0 Å². The van der Waals surface area contributed by atoms with Crippen molar-refractivity contribution in [3.8, 4) is 0 Å². The highest BCUT2D eigenvalue weighted by Crippen LogP contribution is 2.77. The lowest BCUT2D eigenvalue weighted by molar-refractivity contribution is -0.268.